The van der Waals surface area contributed by atoms with Gasteiger partial charge >= 0.3 is 0 Å². The quantitative estimate of drug-likeness (QED) is 0.575. The van der Waals surface area contributed by atoms with Crippen molar-refractivity contribution in [2.45, 2.75) is 13.3 Å². The van der Waals surface area contributed by atoms with Crippen LogP contribution < -0.4 is 15.5 Å². The van der Waals surface area contributed by atoms with Crippen LogP contribution in [0.5, 0.6) is 0 Å². The molecule has 3 aromatic rings. The summed E-state index contributed by atoms with van der Waals surface area (Å²) < 4.78 is 19.3. The standard InChI is InChI=1S/C23H23ClFN5O2/c1-15-26-21(14-22(27-15)30-9-11-32-12-10-30)28-16-5-7-17(8-6-16)29-23(31)13-18-19(24)3-2-4-20(18)25/h2-8,14H,9-13H2,1H3,(H,29,31)(H,26,27,28). The molecule has 2 N–H and O–H groups in total. The fraction of sp³-hybridized carbons (Fsp3) is 0.261. The van der Waals surface area contributed by atoms with E-state index in [9.17, 15) is 9.18 Å². The average molecular weight is 456 g/mol. The van der Waals surface area contributed by atoms with Crippen LogP contribution in [0.2, 0.25) is 5.02 Å². The van der Waals surface area contributed by atoms with Gasteiger partial charge in [0, 0.05) is 41.1 Å². The molecule has 1 saturated heterocycles. The van der Waals surface area contributed by atoms with Crippen LogP contribution in [0, 0.1) is 12.7 Å². The number of nitrogens with one attached hydrogen (secondary N) is 2. The van der Waals surface area contributed by atoms with Gasteiger partial charge in [-0.2, -0.15) is 0 Å². The lowest BCUT2D eigenvalue weighted by Crippen LogP contribution is -2.36. The Morgan fingerprint density at radius 3 is 2.56 bits per heavy atom. The molecule has 0 unspecified atom stereocenters. The number of carbonyl (C=O) groups is 1. The smallest absolute Gasteiger partial charge is 0.228 e. The maximum absolute atomic E-state index is 13.9. The fourth-order valence-electron chi connectivity index (χ4n) is 3.42. The van der Waals surface area contributed by atoms with Crippen molar-refractivity contribution in [2.24, 2.45) is 0 Å². The second-order valence-corrected chi connectivity index (χ2v) is 7.79. The first kappa shape index (κ1) is 22.0. The molecule has 0 aliphatic carbocycles. The van der Waals surface area contributed by atoms with E-state index in [0.717, 1.165) is 24.6 Å². The van der Waals surface area contributed by atoms with Crippen LogP contribution in [0.4, 0.5) is 27.4 Å². The van der Waals surface area contributed by atoms with Crippen LogP contribution in [0.1, 0.15) is 11.4 Å². The van der Waals surface area contributed by atoms with Crippen LogP contribution in [-0.2, 0) is 16.0 Å². The van der Waals surface area contributed by atoms with E-state index >= 15 is 0 Å². The first-order valence-electron chi connectivity index (χ1n) is 10.3. The molecule has 0 radical (unpaired) electrons. The van der Waals surface area contributed by atoms with Gasteiger partial charge in [0.15, 0.2) is 0 Å². The molecule has 2 heterocycles. The number of ether oxygens (including phenoxy) is 1. The number of hydrogen-bond acceptors (Lipinski definition) is 6. The lowest BCUT2D eigenvalue weighted by Gasteiger charge is -2.28. The third kappa shape index (κ3) is 5.52. The molecule has 0 spiro atoms. The number of hydrogen-bond donors (Lipinski definition) is 2. The Morgan fingerprint density at radius 1 is 1.12 bits per heavy atom. The summed E-state index contributed by atoms with van der Waals surface area (Å²) in [6, 6.07) is 13.5. The summed E-state index contributed by atoms with van der Waals surface area (Å²) in [6.07, 6.45) is -0.143. The van der Waals surface area contributed by atoms with Crippen molar-refractivity contribution in [3.63, 3.8) is 0 Å². The monoisotopic (exact) mass is 455 g/mol. The number of amides is 1. The molecular formula is C23H23ClFN5O2. The number of aryl methyl sites for hydroxylation is 1. The molecule has 0 atom stereocenters. The minimum atomic E-state index is -0.496. The number of anilines is 4. The molecule has 32 heavy (non-hydrogen) atoms. The first-order valence-corrected chi connectivity index (χ1v) is 10.6. The predicted octanol–water partition coefficient (Wildman–Crippen LogP) is 4.34. The largest absolute Gasteiger partial charge is 0.378 e. The van der Waals surface area contributed by atoms with E-state index in [1.807, 2.05) is 25.1 Å². The van der Waals surface area contributed by atoms with Crippen LogP contribution in [-0.4, -0.2) is 42.2 Å². The van der Waals surface area contributed by atoms with Gasteiger partial charge in [0.05, 0.1) is 19.6 Å². The molecule has 7 nitrogen and oxygen atoms in total. The molecule has 1 aliphatic rings. The molecule has 0 saturated carbocycles. The fourth-order valence-corrected chi connectivity index (χ4v) is 3.65. The van der Waals surface area contributed by atoms with Crippen molar-refractivity contribution < 1.29 is 13.9 Å². The summed E-state index contributed by atoms with van der Waals surface area (Å²) in [5, 5.41) is 6.26. The number of rotatable bonds is 6. The van der Waals surface area contributed by atoms with Crippen molar-refractivity contribution >= 4 is 40.5 Å². The third-order valence-electron chi connectivity index (χ3n) is 5.00. The molecule has 2 aromatic carbocycles. The van der Waals surface area contributed by atoms with E-state index < -0.39 is 5.82 Å². The molecule has 1 aromatic heterocycles. The second kappa shape index (κ2) is 9.93. The highest BCUT2D eigenvalue weighted by Gasteiger charge is 2.15. The normalized spacial score (nSPS) is 13.7. The van der Waals surface area contributed by atoms with Crippen LogP contribution in [0.25, 0.3) is 0 Å². The Bertz CT molecular complexity index is 1080. The van der Waals surface area contributed by atoms with E-state index in [-0.39, 0.29) is 22.9 Å². The van der Waals surface area contributed by atoms with E-state index in [0.29, 0.717) is 30.5 Å². The third-order valence-corrected chi connectivity index (χ3v) is 5.35. The molecule has 0 bridgehead atoms. The van der Waals surface area contributed by atoms with Gasteiger partial charge in [-0.3, -0.25) is 4.79 Å². The molecular weight excluding hydrogens is 433 g/mol. The average Bonchev–Trinajstić information content (AvgIpc) is 2.78. The highest BCUT2D eigenvalue weighted by atomic mass is 35.5. The Morgan fingerprint density at radius 2 is 1.84 bits per heavy atom. The summed E-state index contributed by atoms with van der Waals surface area (Å²) >= 11 is 6.00. The van der Waals surface area contributed by atoms with Crippen LogP contribution in [0.15, 0.2) is 48.5 Å². The maximum atomic E-state index is 13.9. The van der Waals surface area contributed by atoms with Crippen molar-refractivity contribution in [1.29, 1.82) is 0 Å². The maximum Gasteiger partial charge on any atom is 0.228 e. The summed E-state index contributed by atoms with van der Waals surface area (Å²) in [5.74, 6) is 1.37. The lowest BCUT2D eigenvalue weighted by atomic mass is 10.1. The molecule has 1 amide bonds. The Labute approximate surface area is 190 Å². The van der Waals surface area contributed by atoms with Gasteiger partial charge in [-0.05, 0) is 43.3 Å². The zero-order valence-corrected chi connectivity index (χ0v) is 18.3. The SMILES string of the molecule is Cc1nc(Nc2ccc(NC(=O)Cc3c(F)cccc3Cl)cc2)cc(N2CCOCC2)n1. The van der Waals surface area contributed by atoms with Crippen molar-refractivity contribution in [2.75, 3.05) is 41.8 Å². The number of halogens is 2. The van der Waals surface area contributed by atoms with Crippen molar-refractivity contribution in [1.82, 2.24) is 9.97 Å². The van der Waals surface area contributed by atoms with Gasteiger partial charge in [0.25, 0.3) is 0 Å². The number of morpholine rings is 1. The molecule has 166 valence electrons. The van der Waals surface area contributed by atoms with E-state index in [1.54, 1.807) is 18.2 Å². The lowest BCUT2D eigenvalue weighted by molar-refractivity contribution is -0.115. The van der Waals surface area contributed by atoms with E-state index in [1.165, 1.54) is 12.1 Å². The molecule has 4 rings (SSSR count). The number of carbonyl (C=O) groups excluding carboxylic acids is 1. The predicted molar refractivity (Wildman–Crippen MR) is 123 cm³/mol. The molecule has 1 aliphatic heterocycles. The van der Waals surface area contributed by atoms with Crippen LogP contribution in [0.3, 0.4) is 0 Å². The Kier molecular flexibility index (Phi) is 6.82. The number of nitrogens with zero attached hydrogens (tertiary/aromatic N) is 3. The zero-order chi connectivity index (χ0) is 22.5. The van der Waals surface area contributed by atoms with E-state index in [2.05, 4.69) is 25.5 Å². The highest BCUT2D eigenvalue weighted by molar-refractivity contribution is 6.31. The summed E-state index contributed by atoms with van der Waals surface area (Å²) in [7, 11) is 0. The minimum Gasteiger partial charge on any atom is -0.378 e. The highest BCUT2D eigenvalue weighted by Crippen LogP contribution is 2.23. The minimum absolute atomic E-state index is 0.143. The van der Waals surface area contributed by atoms with Gasteiger partial charge in [0.1, 0.15) is 23.3 Å². The van der Waals surface area contributed by atoms with Gasteiger partial charge < -0.3 is 20.3 Å². The molecule has 1 fully saturated rings. The first-order chi connectivity index (χ1) is 15.5. The van der Waals surface area contributed by atoms with Crippen molar-refractivity contribution in [3.05, 3.63) is 70.8 Å². The Balaban J connectivity index is 1.40. The van der Waals surface area contributed by atoms with Crippen LogP contribution >= 0.6 is 11.6 Å². The number of aromatic nitrogens is 2. The summed E-state index contributed by atoms with van der Waals surface area (Å²) in [4.78, 5) is 23.5. The van der Waals surface area contributed by atoms with Gasteiger partial charge in [0.2, 0.25) is 5.91 Å². The Hall–Kier alpha value is -3.23. The summed E-state index contributed by atoms with van der Waals surface area (Å²) in [6.45, 7) is 4.81. The second-order valence-electron chi connectivity index (χ2n) is 7.39. The van der Waals surface area contributed by atoms with Gasteiger partial charge in [-0.25, -0.2) is 14.4 Å². The van der Waals surface area contributed by atoms with Gasteiger partial charge in [-0.15, -0.1) is 0 Å². The van der Waals surface area contributed by atoms with E-state index in [4.69, 9.17) is 16.3 Å². The van der Waals surface area contributed by atoms with Gasteiger partial charge in [-0.1, -0.05) is 17.7 Å². The number of benzene rings is 2. The zero-order valence-electron chi connectivity index (χ0n) is 17.6. The summed E-state index contributed by atoms with van der Waals surface area (Å²) in [5.41, 5.74) is 1.59. The molecule has 9 heteroatoms. The topological polar surface area (TPSA) is 79.4 Å². The van der Waals surface area contributed by atoms with Crippen molar-refractivity contribution in [3.8, 4) is 0 Å².